The second kappa shape index (κ2) is 7.64. The van der Waals surface area contributed by atoms with Crippen LogP contribution in [0.3, 0.4) is 0 Å². The predicted octanol–water partition coefficient (Wildman–Crippen LogP) is 1.18. The van der Waals surface area contributed by atoms with Gasteiger partial charge >= 0.3 is 0 Å². The number of para-hydroxylation sites is 1. The summed E-state index contributed by atoms with van der Waals surface area (Å²) in [6, 6.07) is 4.97. The van der Waals surface area contributed by atoms with E-state index in [0.29, 0.717) is 24.1 Å². The molecule has 1 fully saturated rings. The third kappa shape index (κ3) is 4.19. The van der Waals surface area contributed by atoms with Crippen LogP contribution in [-0.2, 0) is 9.53 Å². The van der Waals surface area contributed by atoms with Crippen LogP contribution in [0.5, 0.6) is 11.5 Å². The van der Waals surface area contributed by atoms with Gasteiger partial charge in [0.15, 0.2) is 24.4 Å². The highest BCUT2D eigenvalue weighted by molar-refractivity contribution is 5.82. The Labute approximate surface area is 123 Å². The smallest absolute Gasteiger partial charge is 0.258 e. The number of hydrogen-bond donors (Lipinski definition) is 1. The number of ether oxygens (including phenoxy) is 3. The highest BCUT2D eigenvalue weighted by atomic mass is 16.5. The molecule has 1 atom stereocenters. The van der Waals surface area contributed by atoms with E-state index in [9.17, 15) is 9.59 Å². The van der Waals surface area contributed by atoms with E-state index in [1.165, 1.54) is 7.11 Å². The highest BCUT2D eigenvalue weighted by Crippen LogP contribution is 2.29. The Kier molecular flexibility index (Phi) is 5.57. The Bertz CT molecular complexity index is 497. The molecule has 1 amide bonds. The fourth-order valence-corrected chi connectivity index (χ4v) is 2.16. The Balaban J connectivity index is 1.86. The highest BCUT2D eigenvalue weighted by Gasteiger charge is 2.17. The molecule has 1 aliphatic heterocycles. The topological polar surface area (TPSA) is 73.9 Å². The largest absolute Gasteiger partial charge is 0.493 e. The van der Waals surface area contributed by atoms with E-state index < -0.39 is 0 Å². The molecule has 0 unspecified atom stereocenters. The summed E-state index contributed by atoms with van der Waals surface area (Å²) < 4.78 is 16.0. The van der Waals surface area contributed by atoms with Crippen molar-refractivity contribution >= 4 is 12.2 Å². The van der Waals surface area contributed by atoms with Gasteiger partial charge in [-0.3, -0.25) is 9.59 Å². The lowest BCUT2D eigenvalue weighted by Crippen LogP contribution is -2.35. The summed E-state index contributed by atoms with van der Waals surface area (Å²) >= 11 is 0. The number of aldehydes is 1. The minimum Gasteiger partial charge on any atom is -0.493 e. The van der Waals surface area contributed by atoms with Crippen molar-refractivity contribution in [1.29, 1.82) is 0 Å². The minimum absolute atomic E-state index is 0.0887. The molecular formula is C15H19NO5. The molecule has 0 aromatic heterocycles. The van der Waals surface area contributed by atoms with Gasteiger partial charge in [-0.15, -0.1) is 0 Å². The van der Waals surface area contributed by atoms with Crippen LogP contribution in [-0.4, -0.2) is 45.2 Å². The second-order valence-corrected chi connectivity index (χ2v) is 4.72. The van der Waals surface area contributed by atoms with Crippen molar-refractivity contribution in [3.05, 3.63) is 23.8 Å². The summed E-state index contributed by atoms with van der Waals surface area (Å²) in [5.74, 6) is 0.446. The Morgan fingerprint density at radius 1 is 1.52 bits per heavy atom. The van der Waals surface area contributed by atoms with Gasteiger partial charge in [0, 0.05) is 13.2 Å². The normalized spacial score (nSPS) is 17.3. The Hall–Kier alpha value is -2.08. The van der Waals surface area contributed by atoms with Gasteiger partial charge < -0.3 is 19.5 Å². The summed E-state index contributed by atoms with van der Waals surface area (Å²) in [5, 5.41) is 2.75. The van der Waals surface area contributed by atoms with Crippen LogP contribution in [0.15, 0.2) is 18.2 Å². The molecule has 0 bridgehead atoms. The zero-order chi connectivity index (χ0) is 15.1. The maximum atomic E-state index is 11.8. The lowest BCUT2D eigenvalue weighted by atomic mass is 10.2. The zero-order valence-electron chi connectivity index (χ0n) is 12.0. The third-order valence-corrected chi connectivity index (χ3v) is 3.25. The molecule has 1 heterocycles. The first-order valence-electron chi connectivity index (χ1n) is 6.88. The van der Waals surface area contributed by atoms with Gasteiger partial charge in [0.05, 0.1) is 18.8 Å². The molecule has 1 aliphatic rings. The molecule has 21 heavy (non-hydrogen) atoms. The van der Waals surface area contributed by atoms with Gasteiger partial charge in [-0.2, -0.15) is 0 Å². The van der Waals surface area contributed by atoms with E-state index in [0.717, 1.165) is 19.4 Å². The zero-order valence-corrected chi connectivity index (χ0v) is 12.0. The number of carbonyl (C=O) groups is 2. The van der Waals surface area contributed by atoms with E-state index in [2.05, 4.69) is 5.32 Å². The molecule has 1 saturated heterocycles. The average Bonchev–Trinajstić information content (AvgIpc) is 3.03. The first-order chi connectivity index (χ1) is 10.2. The number of benzene rings is 1. The minimum atomic E-state index is -0.256. The van der Waals surface area contributed by atoms with Gasteiger partial charge in [-0.25, -0.2) is 0 Å². The van der Waals surface area contributed by atoms with E-state index in [1.807, 2.05) is 0 Å². The average molecular weight is 293 g/mol. The number of methoxy groups -OCH3 is 1. The number of rotatable bonds is 7. The lowest BCUT2D eigenvalue weighted by molar-refractivity contribution is -0.123. The number of carbonyl (C=O) groups excluding carboxylic acids is 2. The summed E-state index contributed by atoms with van der Waals surface area (Å²) in [7, 11) is 1.48. The number of amides is 1. The molecule has 114 valence electrons. The van der Waals surface area contributed by atoms with Crippen molar-refractivity contribution in [3.8, 4) is 11.5 Å². The van der Waals surface area contributed by atoms with Crippen molar-refractivity contribution in [2.24, 2.45) is 0 Å². The maximum absolute atomic E-state index is 11.8. The van der Waals surface area contributed by atoms with E-state index in [1.54, 1.807) is 18.2 Å². The quantitative estimate of drug-likeness (QED) is 0.764. The molecule has 6 heteroatoms. The number of hydrogen-bond acceptors (Lipinski definition) is 5. The van der Waals surface area contributed by atoms with Gasteiger partial charge in [-0.05, 0) is 25.0 Å². The van der Waals surface area contributed by atoms with Crippen LogP contribution in [0, 0.1) is 0 Å². The van der Waals surface area contributed by atoms with E-state index in [4.69, 9.17) is 14.2 Å². The SMILES string of the molecule is COc1cccc(C=O)c1OCC(=O)NC[C@H]1CCCO1. The van der Waals surface area contributed by atoms with Gasteiger partial charge in [0.25, 0.3) is 5.91 Å². The summed E-state index contributed by atoms with van der Waals surface area (Å²) in [4.78, 5) is 22.7. The lowest BCUT2D eigenvalue weighted by Gasteiger charge is -2.14. The van der Waals surface area contributed by atoms with E-state index in [-0.39, 0.29) is 24.4 Å². The first-order valence-corrected chi connectivity index (χ1v) is 6.88. The predicted molar refractivity (Wildman–Crippen MR) is 75.9 cm³/mol. The molecule has 6 nitrogen and oxygen atoms in total. The van der Waals surface area contributed by atoms with E-state index >= 15 is 0 Å². The van der Waals surface area contributed by atoms with Crippen molar-refractivity contribution in [2.45, 2.75) is 18.9 Å². The maximum Gasteiger partial charge on any atom is 0.258 e. The summed E-state index contributed by atoms with van der Waals surface area (Å²) in [5.41, 5.74) is 0.348. The van der Waals surface area contributed by atoms with Crippen LogP contribution in [0.4, 0.5) is 0 Å². The van der Waals surface area contributed by atoms with Gasteiger partial charge in [-0.1, -0.05) is 6.07 Å². The molecule has 1 N–H and O–H groups in total. The van der Waals surface area contributed by atoms with Crippen molar-refractivity contribution < 1.29 is 23.8 Å². The van der Waals surface area contributed by atoms with Crippen LogP contribution in [0.1, 0.15) is 23.2 Å². The summed E-state index contributed by atoms with van der Waals surface area (Å²) in [6.45, 7) is 1.06. The monoisotopic (exact) mass is 293 g/mol. The molecule has 0 aliphatic carbocycles. The molecule has 0 spiro atoms. The third-order valence-electron chi connectivity index (χ3n) is 3.25. The van der Waals surface area contributed by atoms with Crippen molar-refractivity contribution in [1.82, 2.24) is 5.32 Å². The summed E-state index contributed by atoms with van der Waals surface area (Å²) in [6.07, 6.45) is 2.75. The molecular weight excluding hydrogens is 274 g/mol. The Morgan fingerprint density at radius 2 is 2.38 bits per heavy atom. The standard InChI is InChI=1S/C15H19NO5/c1-19-13-6-2-4-11(9-17)15(13)21-10-14(18)16-8-12-5-3-7-20-12/h2,4,6,9,12H,3,5,7-8,10H2,1H3,(H,16,18)/t12-/m1/s1. The fraction of sp³-hybridized carbons (Fsp3) is 0.467. The van der Waals surface area contributed by atoms with Crippen LogP contribution in [0.25, 0.3) is 0 Å². The number of nitrogens with one attached hydrogen (secondary N) is 1. The van der Waals surface area contributed by atoms with Crippen molar-refractivity contribution in [3.63, 3.8) is 0 Å². The Morgan fingerprint density at radius 3 is 3.05 bits per heavy atom. The molecule has 0 radical (unpaired) electrons. The van der Waals surface area contributed by atoms with Gasteiger partial charge in [0.2, 0.25) is 0 Å². The van der Waals surface area contributed by atoms with Crippen LogP contribution in [0.2, 0.25) is 0 Å². The molecule has 1 aromatic rings. The fourth-order valence-electron chi connectivity index (χ4n) is 2.16. The van der Waals surface area contributed by atoms with Gasteiger partial charge in [0.1, 0.15) is 0 Å². The van der Waals surface area contributed by atoms with Crippen LogP contribution < -0.4 is 14.8 Å². The first kappa shape index (κ1) is 15.3. The molecule has 2 rings (SSSR count). The molecule has 0 saturated carbocycles. The van der Waals surface area contributed by atoms with Crippen LogP contribution >= 0.6 is 0 Å². The van der Waals surface area contributed by atoms with Crippen molar-refractivity contribution in [2.75, 3.05) is 26.9 Å². The second-order valence-electron chi connectivity index (χ2n) is 4.72. The molecule has 1 aromatic carbocycles.